The number of pyridine rings is 1. The van der Waals surface area contributed by atoms with Crippen LogP contribution in [0.25, 0.3) is 10.9 Å². The van der Waals surface area contributed by atoms with Crippen molar-refractivity contribution >= 4 is 16.8 Å². The molecule has 3 aromatic rings. The van der Waals surface area contributed by atoms with Crippen LogP contribution < -0.4 is 20.3 Å². The summed E-state index contributed by atoms with van der Waals surface area (Å²) in [5.41, 5.74) is 1.94. The molecule has 140 valence electrons. The lowest BCUT2D eigenvalue weighted by molar-refractivity contribution is -0.124. The summed E-state index contributed by atoms with van der Waals surface area (Å²) < 4.78 is 13.6. The molecule has 0 unspecified atom stereocenters. The summed E-state index contributed by atoms with van der Waals surface area (Å²) in [5, 5.41) is 7.95. The van der Waals surface area contributed by atoms with Gasteiger partial charge in [0.2, 0.25) is 12.7 Å². The van der Waals surface area contributed by atoms with Gasteiger partial charge in [0.05, 0.1) is 5.69 Å². The Morgan fingerprint density at radius 3 is 2.89 bits per heavy atom. The molecule has 0 aliphatic carbocycles. The van der Waals surface area contributed by atoms with Gasteiger partial charge >= 0.3 is 0 Å². The second-order valence-corrected chi connectivity index (χ2v) is 6.58. The molecule has 0 fully saturated rings. The van der Waals surface area contributed by atoms with Crippen LogP contribution in [-0.2, 0) is 18.4 Å². The molecule has 1 amide bonds. The standard InChI is InChI=1S/C19H20N4O4/c1-11-14-6-7-23(19(25)17(14)22(3)21-11)12(2)18(24)20-9-13-4-5-15-16(8-13)27-10-26-15/h4-8,12H,9-10H2,1-3H3,(H,20,24)/t12-/m0/s1. The Morgan fingerprint density at radius 2 is 2.07 bits per heavy atom. The molecule has 0 radical (unpaired) electrons. The van der Waals surface area contributed by atoms with Gasteiger partial charge in [0.1, 0.15) is 11.6 Å². The first-order chi connectivity index (χ1) is 13.0. The highest BCUT2D eigenvalue weighted by atomic mass is 16.7. The number of amides is 1. The van der Waals surface area contributed by atoms with Crippen LogP contribution >= 0.6 is 0 Å². The molecule has 0 bridgehead atoms. The zero-order valence-electron chi connectivity index (χ0n) is 15.4. The minimum absolute atomic E-state index is 0.209. The zero-order chi connectivity index (χ0) is 19.1. The molecule has 2 aromatic heterocycles. The number of nitrogens with one attached hydrogen (secondary N) is 1. The number of hydrogen-bond donors (Lipinski definition) is 1. The Bertz CT molecular complexity index is 1100. The average Bonchev–Trinajstić information content (AvgIpc) is 3.23. The number of nitrogens with zero attached hydrogens (tertiary/aromatic N) is 3. The van der Waals surface area contributed by atoms with Gasteiger partial charge in [-0.15, -0.1) is 0 Å². The first kappa shape index (κ1) is 17.1. The highest BCUT2D eigenvalue weighted by molar-refractivity contribution is 5.83. The van der Waals surface area contributed by atoms with E-state index in [0.29, 0.717) is 23.6 Å². The van der Waals surface area contributed by atoms with Gasteiger partial charge in [-0.1, -0.05) is 6.07 Å². The van der Waals surface area contributed by atoms with Crippen LogP contribution in [0.3, 0.4) is 0 Å². The number of ether oxygens (including phenoxy) is 2. The highest BCUT2D eigenvalue weighted by Crippen LogP contribution is 2.32. The predicted molar refractivity (Wildman–Crippen MR) is 98.8 cm³/mol. The molecule has 8 heteroatoms. The number of fused-ring (bicyclic) bond motifs is 2. The maximum absolute atomic E-state index is 12.8. The van der Waals surface area contributed by atoms with Gasteiger partial charge in [-0.3, -0.25) is 14.3 Å². The number of hydrogen-bond acceptors (Lipinski definition) is 5. The van der Waals surface area contributed by atoms with E-state index in [9.17, 15) is 9.59 Å². The molecule has 0 saturated carbocycles. The third-order valence-electron chi connectivity index (χ3n) is 4.81. The fourth-order valence-corrected chi connectivity index (χ4v) is 3.29. The number of carbonyl (C=O) groups excluding carboxylic acids is 1. The van der Waals surface area contributed by atoms with Crippen LogP contribution in [-0.4, -0.2) is 27.0 Å². The summed E-state index contributed by atoms with van der Waals surface area (Å²) in [5.74, 6) is 1.13. The van der Waals surface area contributed by atoms with Crippen LogP contribution in [0.4, 0.5) is 0 Å². The van der Waals surface area contributed by atoms with Crippen LogP contribution in [0.5, 0.6) is 11.5 Å². The molecule has 3 heterocycles. The lowest BCUT2D eigenvalue weighted by Crippen LogP contribution is -2.35. The van der Waals surface area contributed by atoms with E-state index in [1.807, 2.05) is 31.2 Å². The van der Waals surface area contributed by atoms with Crippen LogP contribution in [0, 0.1) is 6.92 Å². The second-order valence-electron chi connectivity index (χ2n) is 6.58. The number of benzene rings is 1. The molecule has 1 atom stereocenters. The molecule has 8 nitrogen and oxygen atoms in total. The Morgan fingerprint density at radius 1 is 1.30 bits per heavy atom. The van der Waals surface area contributed by atoms with E-state index in [-0.39, 0.29) is 18.3 Å². The summed E-state index contributed by atoms with van der Waals surface area (Å²) in [7, 11) is 1.73. The van der Waals surface area contributed by atoms with Crippen LogP contribution in [0.2, 0.25) is 0 Å². The Balaban J connectivity index is 1.52. The van der Waals surface area contributed by atoms with Crippen molar-refractivity contribution in [1.29, 1.82) is 0 Å². The van der Waals surface area contributed by atoms with Gasteiger partial charge < -0.3 is 19.4 Å². The topological polar surface area (TPSA) is 87.4 Å². The molecule has 1 aromatic carbocycles. The summed E-state index contributed by atoms with van der Waals surface area (Å²) in [4.78, 5) is 25.4. The quantitative estimate of drug-likeness (QED) is 0.757. The van der Waals surface area contributed by atoms with Gasteiger partial charge in [0.25, 0.3) is 5.56 Å². The fourth-order valence-electron chi connectivity index (χ4n) is 3.29. The first-order valence-electron chi connectivity index (χ1n) is 8.66. The number of carbonyl (C=O) groups is 1. The van der Waals surface area contributed by atoms with Gasteiger partial charge in [-0.2, -0.15) is 5.10 Å². The second kappa shape index (κ2) is 6.46. The molecular formula is C19H20N4O4. The van der Waals surface area contributed by atoms with Crippen molar-refractivity contribution < 1.29 is 14.3 Å². The normalized spacial score (nSPS) is 13.7. The van der Waals surface area contributed by atoms with E-state index in [2.05, 4.69) is 10.4 Å². The predicted octanol–water partition coefficient (Wildman–Crippen LogP) is 1.65. The smallest absolute Gasteiger partial charge is 0.277 e. The van der Waals surface area contributed by atoms with Gasteiger partial charge in [0, 0.05) is 25.2 Å². The SMILES string of the molecule is Cc1nn(C)c2c(=O)n([C@@H](C)C(=O)NCc3ccc4c(c3)OCO4)ccc12. The van der Waals surface area contributed by atoms with Crippen molar-refractivity contribution in [2.75, 3.05) is 6.79 Å². The summed E-state index contributed by atoms with van der Waals surface area (Å²) in [6.45, 7) is 4.10. The van der Waals surface area contributed by atoms with Crippen molar-refractivity contribution in [2.45, 2.75) is 26.4 Å². The molecular weight excluding hydrogens is 348 g/mol. The maximum Gasteiger partial charge on any atom is 0.277 e. The summed E-state index contributed by atoms with van der Waals surface area (Å²) >= 11 is 0. The van der Waals surface area contributed by atoms with Crippen LogP contribution in [0.15, 0.2) is 35.3 Å². The van der Waals surface area contributed by atoms with Crippen molar-refractivity contribution in [3.05, 3.63) is 52.1 Å². The van der Waals surface area contributed by atoms with E-state index in [1.165, 1.54) is 4.57 Å². The molecule has 0 saturated heterocycles. The molecule has 1 N–H and O–H groups in total. The fraction of sp³-hybridized carbons (Fsp3) is 0.316. The highest BCUT2D eigenvalue weighted by Gasteiger charge is 2.20. The lowest BCUT2D eigenvalue weighted by Gasteiger charge is -2.15. The molecule has 1 aliphatic rings. The third kappa shape index (κ3) is 2.92. The largest absolute Gasteiger partial charge is 0.454 e. The number of aromatic nitrogens is 3. The van der Waals surface area contributed by atoms with Crippen LogP contribution in [0.1, 0.15) is 24.2 Å². The van der Waals surface area contributed by atoms with E-state index < -0.39 is 6.04 Å². The Labute approximate surface area is 155 Å². The first-order valence-corrected chi connectivity index (χ1v) is 8.66. The summed E-state index contributed by atoms with van der Waals surface area (Å²) in [6.07, 6.45) is 1.64. The average molecular weight is 368 g/mol. The minimum Gasteiger partial charge on any atom is -0.454 e. The molecule has 1 aliphatic heterocycles. The molecule has 0 spiro atoms. The third-order valence-corrected chi connectivity index (χ3v) is 4.81. The maximum atomic E-state index is 12.8. The monoisotopic (exact) mass is 368 g/mol. The van der Waals surface area contributed by atoms with Crippen molar-refractivity contribution in [3.8, 4) is 11.5 Å². The van der Waals surface area contributed by atoms with E-state index in [4.69, 9.17) is 9.47 Å². The zero-order valence-corrected chi connectivity index (χ0v) is 15.4. The summed E-state index contributed by atoms with van der Waals surface area (Å²) in [6, 6.07) is 6.70. The van der Waals surface area contributed by atoms with Crippen molar-refractivity contribution in [2.24, 2.45) is 7.05 Å². The number of aryl methyl sites for hydroxylation is 2. The van der Waals surface area contributed by atoms with Gasteiger partial charge in [0.15, 0.2) is 11.5 Å². The number of rotatable bonds is 4. The van der Waals surface area contributed by atoms with E-state index in [1.54, 1.807) is 24.9 Å². The minimum atomic E-state index is -0.647. The van der Waals surface area contributed by atoms with E-state index in [0.717, 1.165) is 16.6 Å². The van der Waals surface area contributed by atoms with Gasteiger partial charge in [-0.05, 0) is 37.6 Å². The Kier molecular flexibility index (Phi) is 4.10. The van der Waals surface area contributed by atoms with Crippen molar-refractivity contribution in [1.82, 2.24) is 19.7 Å². The van der Waals surface area contributed by atoms with Crippen molar-refractivity contribution in [3.63, 3.8) is 0 Å². The molecule has 4 rings (SSSR count). The molecule has 27 heavy (non-hydrogen) atoms. The van der Waals surface area contributed by atoms with E-state index >= 15 is 0 Å². The Hall–Kier alpha value is -3.29. The lowest BCUT2D eigenvalue weighted by atomic mass is 10.2. The van der Waals surface area contributed by atoms with Gasteiger partial charge in [-0.25, -0.2) is 0 Å².